The third-order valence-corrected chi connectivity index (χ3v) is 3.77. The van der Waals surface area contributed by atoms with Crippen LogP contribution < -0.4 is 4.72 Å². The van der Waals surface area contributed by atoms with Crippen LogP contribution in [0.3, 0.4) is 0 Å². The number of sulfonamides is 1. The van der Waals surface area contributed by atoms with Crippen LogP contribution in [0.25, 0.3) is 0 Å². The molecule has 0 aliphatic rings. The van der Waals surface area contributed by atoms with Crippen molar-refractivity contribution in [2.24, 2.45) is 0 Å². The van der Waals surface area contributed by atoms with E-state index in [2.05, 4.69) is 4.72 Å². The summed E-state index contributed by atoms with van der Waals surface area (Å²) in [6.45, 7) is 2.06. The van der Waals surface area contributed by atoms with E-state index in [1.165, 1.54) is 0 Å². The molecule has 0 atom stereocenters. The number of nitrogens with one attached hydrogen (secondary N) is 1. The quantitative estimate of drug-likeness (QED) is 0.782. The van der Waals surface area contributed by atoms with Crippen LogP contribution in [0.5, 0.6) is 0 Å². The maximum Gasteiger partial charge on any atom is 0.232 e. The molecule has 4 nitrogen and oxygen atoms in total. The highest BCUT2D eigenvalue weighted by Crippen LogP contribution is 2.12. The van der Waals surface area contributed by atoms with Crippen molar-refractivity contribution < 1.29 is 13.5 Å². The van der Waals surface area contributed by atoms with Gasteiger partial charge in [0.25, 0.3) is 0 Å². The Hall–Kier alpha value is -1.07. The van der Waals surface area contributed by atoms with E-state index in [0.29, 0.717) is 18.5 Å². The second-order valence-corrected chi connectivity index (χ2v) is 5.79. The summed E-state index contributed by atoms with van der Waals surface area (Å²) in [5.41, 5.74) is 1.56. The van der Waals surface area contributed by atoms with Gasteiger partial charge in [-0.3, -0.25) is 4.72 Å². The monoisotopic (exact) mass is 257 g/mol. The lowest BCUT2D eigenvalue weighted by atomic mass is 10.1. The number of hydrogen-bond donors (Lipinski definition) is 2. The standard InChI is InChI=1S/C12H19NO3S/c1-2-3-10-17(15,16)13-12-6-4-11(5-7-12)8-9-14/h4-7,13-14H,2-3,8-10H2,1H3. The number of benzene rings is 1. The van der Waals surface area contributed by atoms with Gasteiger partial charge in [-0.25, -0.2) is 8.42 Å². The molecule has 96 valence electrons. The summed E-state index contributed by atoms with van der Waals surface area (Å²) in [4.78, 5) is 0. The smallest absolute Gasteiger partial charge is 0.232 e. The van der Waals surface area contributed by atoms with E-state index in [1.807, 2.05) is 19.1 Å². The van der Waals surface area contributed by atoms with Crippen molar-refractivity contribution in [1.82, 2.24) is 0 Å². The van der Waals surface area contributed by atoms with Crippen molar-refractivity contribution in [3.63, 3.8) is 0 Å². The molecule has 1 rings (SSSR count). The Morgan fingerprint density at radius 1 is 1.24 bits per heavy atom. The average Bonchev–Trinajstić information content (AvgIpc) is 2.29. The van der Waals surface area contributed by atoms with Gasteiger partial charge in [-0.15, -0.1) is 0 Å². The Kier molecular flexibility index (Phi) is 5.44. The highest BCUT2D eigenvalue weighted by Gasteiger charge is 2.08. The second kappa shape index (κ2) is 6.61. The lowest BCUT2D eigenvalue weighted by Gasteiger charge is -2.08. The molecule has 5 heteroatoms. The molecule has 0 saturated heterocycles. The van der Waals surface area contributed by atoms with Gasteiger partial charge in [0.05, 0.1) is 5.75 Å². The zero-order chi connectivity index (χ0) is 12.7. The lowest BCUT2D eigenvalue weighted by molar-refractivity contribution is 0.299. The Morgan fingerprint density at radius 3 is 2.41 bits per heavy atom. The summed E-state index contributed by atoms with van der Waals surface area (Å²) >= 11 is 0. The second-order valence-electron chi connectivity index (χ2n) is 3.95. The van der Waals surface area contributed by atoms with E-state index in [-0.39, 0.29) is 12.4 Å². The fourth-order valence-electron chi connectivity index (χ4n) is 1.43. The van der Waals surface area contributed by atoms with Crippen LogP contribution in [0.1, 0.15) is 25.3 Å². The predicted octanol–water partition coefficient (Wildman–Crippen LogP) is 1.76. The molecular weight excluding hydrogens is 238 g/mol. The SMILES string of the molecule is CCCCS(=O)(=O)Nc1ccc(CCO)cc1. The van der Waals surface area contributed by atoms with E-state index in [9.17, 15) is 8.42 Å². The first-order valence-electron chi connectivity index (χ1n) is 5.77. The number of unbranched alkanes of at least 4 members (excludes halogenated alkanes) is 1. The minimum Gasteiger partial charge on any atom is -0.396 e. The number of rotatable bonds is 7. The minimum absolute atomic E-state index is 0.0988. The van der Waals surface area contributed by atoms with Gasteiger partial charge in [-0.05, 0) is 30.5 Å². The molecule has 17 heavy (non-hydrogen) atoms. The first kappa shape index (κ1) is 14.0. The molecule has 0 spiro atoms. The van der Waals surface area contributed by atoms with Gasteiger partial charge in [0, 0.05) is 12.3 Å². The molecule has 0 aliphatic heterocycles. The number of aliphatic hydroxyl groups excluding tert-OH is 1. The molecule has 0 heterocycles. The summed E-state index contributed by atoms with van der Waals surface area (Å²) in [6.07, 6.45) is 2.11. The van der Waals surface area contributed by atoms with Crippen LogP contribution in [-0.2, 0) is 16.4 Å². The summed E-state index contributed by atoms with van der Waals surface area (Å²) in [6, 6.07) is 7.06. The maximum atomic E-state index is 11.6. The minimum atomic E-state index is -3.22. The Bertz CT molecular complexity index is 426. The number of anilines is 1. The van der Waals surface area contributed by atoms with Gasteiger partial charge in [0.15, 0.2) is 0 Å². The van der Waals surface area contributed by atoms with Crippen molar-refractivity contribution in [3.05, 3.63) is 29.8 Å². The summed E-state index contributed by atoms with van der Waals surface area (Å²) in [7, 11) is -3.22. The Balaban J connectivity index is 2.62. The van der Waals surface area contributed by atoms with Gasteiger partial charge in [-0.2, -0.15) is 0 Å². The van der Waals surface area contributed by atoms with Crippen molar-refractivity contribution >= 4 is 15.7 Å². The summed E-state index contributed by atoms with van der Waals surface area (Å²) < 4.78 is 25.8. The van der Waals surface area contributed by atoms with Crippen LogP contribution in [0, 0.1) is 0 Å². The fourth-order valence-corrected chi connectivity index (χ4v) is 2.70. The predicted molar refractivity (Wildman–Crippen MR) is 69.5 cm³/mol. The summed E-state index contributed by atoms with van der Waals surface area (Å²) in [5.74, 6) is 0.155. The molecule has 1 aromatic carbocycles. The van der Waals surface area contributed by atoms with Crippen LogP contribution in [0.2, 0.25) is 0 Å². The third kappa shape index (κ3) is 5.19. The normalized spacial score (nSPS) is 11.4. The molecule has 0 fully saturated rings. The molecule has 0 bridgehead atoms. The molecular formula is C12H19NO3S. The number of hydrogen-bond acceptors (Lipinski definition) is 3. The zero-order valence-electron chi connectivity index (χ0n) is 10.0. The first-order valence-corrected chi connectivity index (χ1v) is 7.43. The first-order chi connectivity index (χ1) is 8.07. The Morgan fingerprint density at radius 2 is 1.88 bits per heavy atom. The van der Waals surface area contributed by atoms with E-state index in [1.54, 1.807) is 12.1 Å². The van der Waals surface area contributed by atoms with Gasteiger partial charge >= 0.3 is 0 Å². The van der Waals surface area contributed by atoms with E-state index in [0.717, 1.165) is 12.0 Å². The molecule has 0 unspecified atom stereocenters. The molecule has 0 radical (unpaired) electrons. The third-order valence-electron chi connectivity index (χ3n) is 2.39. The lowest BCUT2D eigenvalue weighted by Crippen LogP contribution is -2.16. The molecule has 2 N–H and O–H groups in total. The van der Waals surface area contributed by atoms with E-state index >= 15 is 0 Å². The molecule has 0 saturated carbocycles. The highest BCUT2D eigenvalue weighted by molar-refractivity contribution is 7.92. The van der Waals surface area contributed by atoms with Gasteiger partial charge in [0.1, 0.15) is 0 Å². The van der Waals surface area contributed by atoms with Gasteiger partial charge in [-0.1, -0.05) is 25.5 Å². The topological polar surface area (TPSA) is 66.4 Å². The van der Waals surface area contributed by atoms with Crippen molar-refractivity contribution in [2.75, 3.05) is 17.1 Å². The average molecular weight is 257 g/mol. The molecule has 0 amide bonds. The molecule has 0 aliphatic carbocycles. The van der Waals surface area contributed by atoms with Crippen molar-refractivity contribution in [1.29, 1.82) is 0 Å². The van der Waals surface area contributed by atoms with Crippen LogP contribution in [0.15, 0.2) is 24.3 Å². The van der Waals surface area contributed by atoms with Crippen LogP contribution >= 0.6 is 0 Å². The highest BCUT2D eigenvalue weighted by atomic mass is 32.2. The number of aliphatic hydroxyl groups is 1. The zero-order valence-corrected chi connectivity index (χ0v) is 10.8. The van der Waals surface area contributed by atoms with Crippen molar-refractivity contribution in [2.45, 2.75) is 26.2 Å². The van der Waals surface area contributed by atoms with Crippen LogP contribution in [-0.4, -0.2) is 25.9 Å². The van der Waals surface area contributed by atoms with Gasteiger partial charge < -0.3 is 5.11 Å². The van der Waals surface area contributed by atoms with E-state index < -0.39 is 10.0 Å². The fraction of sp³-hybridized carbons (Fsp3) is 0.500. The molecule has 0 aromatic heterocycles. The largest absolute Gasteiger partial charge is 0.396 e. The van der Waals surface area contributed by atoms with Crippen molar-refractivity contribution in [3.8, 4) is 0 Å². The summed E-state index contributed by atoms with van der Waals surface area (Å²) in [5, 5.41) is 8.76. The van der Waals surface area contributed by atoms with E-state index in [4.69, 9.17) is 5.11 Å². The van der Waals surface area contributed by atoms with Gasteiger partial charge in [0.2, 0.25) is 10.0 Å². The maximum absolute atomic E-state index is 11.6. The Labute approximate surface area is 103 Å². The van der Waals surface area contributed by atoms with Crippen LogP contribution in [0.4, 0.5) is 5.69 Å². The molecule has 1 aromatic rings.